The van der Waals surface area contributed by atoms with Crippen molar-refractivity contribution in [1.82, 2.24) is 9.47 Å². The Morgan fingerprint density at radius 1 is 1.13 bits per heavy atom. The van der Waals surface area contributed by atoms with E-state index in [2.05, 4.69) is 63.0 Å². The van der Waals surface area contributed by atoms with Crippen LogP contribution in [0.5, 0.6) is 5.75 Å². The zero-order chi connectivity index (χ0) is 22.6. The van der Waals surface area contributed by atoms with E-state index in [0.29, 0.717) is 0 Å². The highest BCUT2D eigenvalue weighted by Crippen LogP contribution is 2.28. The van der Waals surface area contributed by atoms with E-state index in [-0.39, 0.29) is 0 Å². The molecule has 6 nitrogen and oxygen atoms in total. The minimum Gasteiger partial charge on any atom is -0.497 e. The van der Waals surface area contributed by atoms with Crippen LogP contribution in [0.15, 0.2) is 59.6 Å². The molecule has 3 aromatic rings. The van der Waals surface area contributed by atoms with Crippen LogP contribution in [0.3, 0.4) is 0 Å². The number of methoxy groups -OCH3 is 1. The molecule has 0 aliphatic carbocycles. The van der Waals surface area contributed by atoms with Gasteiger partial charge in [0, 0.05) is 37.6 Å². The maximum Gasteiger partial charge on any atom is 0.490 e. The van der Waals surface area contributed by atoms with Crippen LogP contribution in [0.4, 0.5) is 13.2 Å². The summed E-state index contributed by atoms with van der Waals surface area (Å²) in [4.78, 5) is 15.9. The molecular formula is C22H22F3N3O3. The quantitative estimate of drug-likeness (QED) is 0.673. The van der Waals surface area contributed by atoms with Gasteiger partial charge in [-0.3, -0.25) is 4.99 Å². The molecule has 0 saturated heterocycles. The van der Waals surface area contributed by atoms with Crippen molar-refractivity contribution in [2.75, 3.05) is 20.7 Å². The molecule has 2 heterocycles. The molecule has 0 spiro atoms. The van der Waals surface area contributed by atoms with Crippen molar-refractivity contribution in [3.63, 3.8) is 0 Å². The Morgan fingerprint density at radius 2 is 1.81 bits per heavy atom. The van der Waals surface area contributed by atoms with E-state index in [4.69, 9.17) is 14.6 Å². The third kappa shape index (κ3) is 4.99. The van der Waals surface area contributed by atoms with Gasteiger partial charge in [-0.2, -0.15) is 13.2 Å². The van der Waals surface area contributed by atoms with Gasteiger partial charge in [-0.15, -0.1) is 0 Å². The normalized spacial score (nSPS) is 14.7. The Bertz CT molecular complexity index is 1090. The minimum atomic E-state index is -5.08. The molecular weight excluding hydrogens is 411 g/mol. The number of carboxylic acid groups (broad SMARTS) is 1. The number of aliphatic carboxylic acids is 1. The van der Waals surface area contributed by atoms with E-state index in [1.165, 1.54) is 22.2 Å². The monoisotopic (exact) mass is 433 g/mol. The van der Waals surface area contributed by atoms with E-state index >= 15 is 0 Å². The van der Waals surface area contributed by atoms with Gasteiger partial charge in [0.2, 0.25) is 0 Å². The van der Waals surface area contributed by atoms with Gasteiger partial charge < -0.3 is 19.3 Å². The van der Waals surface area contributed by atoms with Crippen LogP contribution in [0.25, 0.3) is 10.9 Å². The summed E-state index contributed by atoms with van der Waals surface area (Å²) in [7, 11) is 3.58. The van der Waals surface area contributed by atoms with Crippen LogP contribution in [0.2, 0.25) is 0 Å². The molecule has 0 amide bonds. The van der Waals surface area contributed by atoms with Crippen LogP contribution in [0, 0.1) is 0 Å². The number of hydrogen-bond donors (Lipinski definition) is 1. The van der Waals surface area contributed by atoms with E-state index in [0.717, 1.165) is 31.2 Å². The summed E-state index contributed by atoms with van der Waals surface area (Å²) in [5.74, 6) is -0.811. The molecule has 1 aliphatic heterocycles. The van der Waals surface area contributed by atoms with Crippen LogP contribution in [-0.4, -0.2) is 53.3 Å². The summed E-state index contributed by atoms with van der Waals surface area (Å²) in [5, 5.41) is 8.33. The highest BCUT2D eigenvalue weighted by molar-refractivity contribution is 6.03. The van der Waals surface area contributed by atoms with Crippen molar-refractivity contribution >= 4 is 22.7 Å². The second-order valence-electron chi connectivity index (χ2n) is 6.86. The highest BCUT2D eigenvalue weighted by Gasteiger charge is 2.38. The summed E-state index contributed by atoms with van der Waals surface area (Å²) in [6.07, 6.45) is -5.08. The molecule has 0 saturated carbocycles. The number of hydrogen-bond acceptors (Lipinski definition) is 3. The Labute approximate surface area is 177 Å². The van der Waals surface area contributed by atoms with Crippen molar-refractivity contribution in [2.24, 2.45) is 4.99 Å². The maximum absolute atomic E-state index is 10.6. The van der Waals surface area contributed by atoms with E-state index in [9.17, 15) is 13.2 Å². The number of carboxylic acids is 1. The fraction of sp³-hybridized carbons (Fsp3) is 0.273. The second-order valence-corrected chi connectivity index (χ2v) is 6.86. The second kappa shape index (κ2) is 9.11. The first-order chi connectivity index (χ1) is 14.7. The van der Waals surface area contributed by atoms with Crippen LogP contribution >= 0.6 is 0 Å². The number of alkyl halides is 3. The fourth-order valence-electron chi connectivity index (χ4n) is 3.50. The molecule has 0 fully saturated rings. The number of fused-ring (bicyclic) bond motifs is 3. The number of amidine groups is 1. The standard InChI is InChI=1S/C20H21N3O.C2HF3O2/c1-21-20-19-13-16-12-17(24-2)8-9-18(16)23(19)11-10-22(20)14-15-6-4-3-5-7-15;3-2(4,5)1(6)7/h3-9,12-13H,10-11,14H2,1-2H3;(H,6,7). The van der Waals surface area contributed by atoms with Gasteiger partial charge in [-0.25, -0.2) is 4.79 Å². The van der Waals surface area contributed by atoms with Crippen molar-refractivity contribution in [3.8, 4) is 5.75 Å². The molecule has 1 aromatic heterocycles. The summed E-state index contributed by atoms with van der Waals surface area (Å²) < 4.78 is 39.5. The van der Waals surface area contributed by atoms with E-state index < -0.39 is 12.1 Å². The Balaban J connectivity index is 0.000000339. The van der Waals surface area contributed by atoms with E-state index in [1.807, 2.05) is 13.1 Å². The van der Waals surface area contributed by atoms with Gasteiger partial charge in [-0.1, -0.05) is 30.3 Å². The number of nitrogens with zero attached hydrogens (tertiary/aromatic N) is 3. The maximum atomic E-state index is 10.6. The fourth-order valence-corrected chi connectivity index (χ4v) is 3.50. The summed E-state index contributed by atoms with van der Waals surface area (Å²) >= 11 is 0. The third-order valence-corrected chi connectivity index (χ3v) is 4.90. The molecule has 164 valence electrons. The van der Waals surface area contributed by atoms with Gasteiger partial charge >= 0.3 is 12.1 Å². The largest absolute Gasteiger partial charge is 0.497 e. The first kappa shape index (κ1) is 22.2. The van der Waals surface area contributed by atoms with Gasteiger partial charge in [0.05, 0.1) is 12.8 Å². The van der Waals surface area contributed by atoms with Crippen LogP contribution in [-0.2, 0) is 17.9 Å². The molecule has 0 unspecified atom stereocenters. The number of benzene rings is 2. The molecule has 31 heavy (non-hydrogen) atoms. The topological polar surface area (TPSA) is 67.1 Å². The molecule has 1 aliphatic rings. The number of ether oxygens (including phenoxy) is 1. The molecule has 9 heteroatoms. The van der Waals surface area contributed by atoms with Crippen molar-refractivity contribution < 1.29 is 27.8 Å². The Kier molecular flexibility index (Phi) is 6.53. The highest BCUT2D eigenvalue weighted by atomic mass is 19.4. The molecule has 2 aromatic carbocycles. The number of aromatic nitrogens is 1. The predicted octanol–water partition coefficient (Wildman–Crippen LogP) is 4.18. The minimum absolute atomic E-state index is 0.887. The van der Waals surface area contributed by atoms with Crippen LogP contribution in [0.1, 0.15) is 11.3 Å². The van der Waals surface area contributed by atoms with Crippen molar-refractivity contribution in [1.29, 1.82) is 0 Å². The molecule has 1 N–H and O–H groups in total. The number of aliphatic imine (C=N–C) groups is 1. The first-order valence-corrected chi connectivity index (χ1v) is 9.48. The van der Waals surface area contributed by atoms with Gasteiger partial charge in [0.25, 0.3) is 0 Å². The predicted molar refractivity (Wildman–Crippen MR) is 111 cm³/mol. The van der Waals surface area contributed by atoms with Crippen LogP contribution < -0.4 is 4.74 Å². The summed E-state index contributed by atoms with van der Waals surface area (Å²) in [6, 6.07) is 19.0. The average Bonchev–Trinajstić information content (AvgIpc) is 3.11. The lowest BCUT2D eigenvalue weighted by Gasteiger charge is -2.32. The average molecular weight is 433 g/mol. The van der Waals surface area contributed by atoms with Gasteiger partial charge in [0.15, 0.2) is 0 Å². The molecule has 0 atom stereocenters. The zero-order valence-electron chi connectivity index (χ0n) is 17.1. The number of rotatable bonds is 3. The lowest BCUT2D eigenvalue weighted by Crippen LogP contribution is -2.40. The molecule has 4 rings (SSSR count). The molecule has 0 bridgehead atoms. The van der Waals surface area contributed by atoms with Gasteiger partial charge in [0.1, 0.15) is 11.6 Å². The Morgan fingerprint density at radius 3 is 2.39 bits per heavy atom. The SMILES string of the molecule is CN=C1c2cc3cc(OC)ccc3n2CCN1Cc1ccccc1.O=C(O)C(F)(F)F. The summed E-state index contributed by atoms with van der Waals surface area (Å²) in [6.45, 7) is 2.82. The first-order valence-electron chi connectivity index (χ1n) is 9.48. The van der Waals surface area contributed by atoms with Crippen molar-refractivity contribution in [2.45, 2.75) is 19.3 Å². The Hall–Kier alpha value is -3.49. The van der Waals surface area contributed by atoms with Crippen molar-refractivity contribution in [3.05, 3.63) is 65.9 Å². The smallest absolute Gasteiger partial charge is 0.490 e. The lowest BCUT2D eigenvalue weighted by atomic mass is 10.2. The summed E-state index contributed by atoms with van der Waals surface area (Å²) in [5.41, 5.74) is 3.74. The lowest BCUT2D eigenvalue weighted by molar-refractivity contribution is -0.192. The number of carbonyl (C=O) groups is 1. The zero-order valence-corrected chi connectivity index (χ0v) is 17.1. The molecule has 0 radical (unpaired) electrons. The third-order valence-electron chi connectivity index (χ3n) is 4.90. The van der Waals surface area contributed by atoms with Gasteiger partial charge in [-0.05, 0) is 29.8 Å². The number of halogens is 3. The van der Waals surface area contributed by atoms with E-state index in [1.54, 1.807) is 7.11 Å².